The fourth-order valence-electron chi connectivity index (χ4n) is 2.96. The number of amides is 1. The SMILES string of the molecule is COc1ccc(C)cc1NS(=O)(=O)c1ccc(NC(=O)c2cccc(NS(C)(=O)=O)c2)cc1. The molecule has 0 aliphatic heterocycles. The van der Waals surface area contributed by atoms with Crippen molar-refractivity contribution in [2.75, 3.05) is 28.1 Å². The van der Waals surface area contributed by atoms with Crippen molar-refractivity contribution in [3.63, 3.8) is 0 Å². The van der Waals surface area contributed by atoms with Crippen LogP contribution in [0.25, 0.3) is 0 Å². The fraction of sp³-hybridized carbons (Fsp3) is 0.136. The van der Waals surface area contributed by atoms with Crippen LogP contribution in [0.3, 0.4) is 0 Å². The first-order valence-corrected chi connectivity index (χ1v) is 13.0. The molecule has 0 bridgehead atoms. The molecule has 0 saturated carbocycles. The Kier molecular flexibility index (Phi) is 6.94. The Labute approximate surface area is 192 Å². The summed E-state index contributed by atoms with van der Waals surface area (Å²) in [4.78, 5) is 12.5. The largest absolute Gasteiger partial charge is 0.495 e. The molecule has 0 fully saturated rings. The van der Waals surface area contributed by atoms with Gasteiger partial charge in [0, 0.05) is 16.9 Å². The molecule has 0 aliphatic carbocycles. The molecule has 3 rings (SSSR count). The Morgan fingerprint density at radius 1 is 0.848 bits per heavy atom. The van der Waals surface area contributed by atoms with Gasteiger partial charge in [0.15, 0.2) is 0 Å². The highest BCUT2D eigenvalue weighted by molar-refractivity contribution is 7.92. The number of benzene rings is 3. The molecule has 0 saturated heterocycles. The number of ether oxygens (including phenoxy) is 1. The summed E-state index contributed by atoms with van der Waals surface area (Å²) in [7, 11) is -5.92. The van der Waals surface area contributed by atoms with Crippen molar-refractivity contribution in [2.45, 2.75) is 11.8 Å². The highest BCUT2D eigenvalue weighted by atomic mass is 32.2. The minimum absolute atomic E-state index is 0.00316. The number of carbonyl (C=O) groups is 1. The summed E-state index contributed by atoms with van der Waals surface area (Å²) in [6.45, 7) is 1.83. The first-order valence-electron chi connectivity index (χ1n) is 9.63. The Bertz CT molecular complexity index is 1390. The maximum absolute atomic E-state index is 12.8. The lowest BCUT2D eigenvalue weighted by Crippen LogP contribution is -2.15. The second-order valence-corrected chi connectivity index (χ2v) is 10.7. The van der Waals surface area contributed by atoms with Gasteiger partial charge in [0.25, 0.3) is 15.9 Å². The molecular formula is C22H23N3O6S2. The molecule has 3 aromatic carbocycles. The van der Waals surface area contributed by atoms with E-state index in [0.29, 0.717) is 17.1 Å². The van der Waals surface area contributed by atoms with Crippen LogP contribution in [-0.4, -0.2) is 36.1 Å². The summed E-state index contributed by atoms with van der Waals surface area (Å²) in [5.41, 5.74) is 2.03. The lowest BCUT2D eigenvalue weighted by Gasteiger charge is -2.13. The number of sulfonamides is 2. The number of rotatable bonds is 8. The number of hydrogen-bond acceptors (Lipinski definition) is 6. The van der Waals surface area contributed by atoms with Crippen molar-refractivity contribution < 1.29 is 26.4 Å². The number of anilines is 3. The van der Waals surface area contributed by atoms with Crippen molar-refractivity contribution in [1.29, 1.82) is 0 Å². The topological polar surface area (TPSA) is 131 Å². The zero-order chi connectivity index (χ0) is 24.2. The standard InChI is InChI=1S/C22H23N3O6S2/c1-15-7-12-21(31-2)20(13-15)25-33(29,30)19-10-8-17(9-11-19)23-22(26)16-5-4-6-18(14-16)24-32(3,27)28/h4-14,24-25H,1-3H3,(H,23,26). The average Bonchev–Trinajstić information content (AvgIpc) is 2.73. The van der Waals surface area contributed by atoms with E-state index in [-0.39, 0.29) is 16.1 Å². The van der Waals surface area contributed by atoms with Gasteiger partial charge in [-0.3, -0.25) is 14.2 Å². The summed E-state index contributed by atoms with van der Waals surface area (Å²) >= 11 is 0. The molecular weight excluding hydrogens is 466 g/mol. The van der Waals surface area contributed by atoms with Gasteiger partial charge in [0.05, 0.1) is 23.9 Å². The van der Waals surface area contributed by atoms with E-state index in [2.05, 4.69) is 14.8 Å². The smallest absolute Gasteiger partial charge is 0.262 e. The Morgan fingerprint density at radius 3 is 2.18 bits per heavy atom. The monoisotopic (exact) mass is 489 g/mol. The van der Waals surface area contributed by atoms with Crippen LogP contribution in [0.2, 0.25) is 0 Å². The molecule has 174 valence electrons. The van der Waals surface area contributed by atoms with E-state index in [1.807, 2.05) is 6.92 Å². The third-order valence-electron chi connectivity index (χ3n) is 4.45. The Hall–Kier alpha value is -3.57. The number of aryl methyl sites for hydroxylation is 1. The molecule has 9 nitrogen and oxygen atoms in total. The highest BCUT2D eigenvalue weighted by Crippen LogP contribution is 2.28. The normalized spacial score (nSPS) is 11.5. The minimum Gasteiger partial charge on any atom is -0.495 e. The Balaban J connectivity index is 1.74. The van der Waals surface area contributed by atoms with Crippen LogP contribution in [0.15, 0.2) is 71.6 Å². The number of nitrogens with one attached hydrogen (secondary N) is 3. The van der Waals surface area contributed by atoms with Gasteiger partial charge in [-0.15, -0.1) is 0 Å². The van der Waals surface area contributed by atoms with Crippen LogP contribution in [0.4, 0.5) is 17.1 Å². The third-order valence-corrected chi connectivity index (χ3v) is 6.44. The predicted molar refractivity (Wildman–Crippen MR) is 128 cm³/mol. The third kappa shape index (κ3) is 6.46. The van der Waals surface area contributed by atoms with Gasteiger partial charge in [-0.1, -0.05) is 12.1 Å². The maximum Gasteiger partial charge on any atom is 0.262 e. The van der Waals surface area contributed by atoms with E-state index < -0.39 is 26.0 Å². The first-order chi connectivity index (χ1) is 15.5. The molecule has 0 heterocycles. The molecule has 3 N–H and O–H groups in total. The van der Waals surface area contributed by atoms with Crippen molar-refractivity contribution in [3.8, 4) is 5.75 Å². The second kappa shape index (κ2) is 9.51. The van der Waals surface area contributed by atoms with Crippen LogP contribution in [0, 0.1) is 6.92 Å². The van der Waals surface area contributed by atoms with Crippen LogP contribution in [0.1, 0.15) is 15.9 Å². The molecule has 0 spiro atoms. The molecule has 0 aliphatic rings. The van der Waals surface area contributed by atoms with Crippen LogP contribution < -0.4 is 19.5 Å². The zero-order valence-corrected chi connectivity index (χ0v) is 19.7. The highest BCUT2D eigenvalue weighted by Gasteiger charge is 2.17. The van der Waals surface area contributed by atoms with E-state index in [4.69, 9.17) is 4.74 Å². The van der Waals surface area contributed by atoms with Crippen molar-refractivity contribution in [2.24, 2.45) is 0 Å². The minimum atomic E-state index is -3.89. The van der Waals surface area contributed by atoms with Gasteiger partial charge in [0.2, 0.25) is 10.0 Å². The second-order valence-electron chi connectivity index (χ2n) is 7.24. The number of methoxy groups -OCH3 is 1. The molecule has 0 radical (unpaired) electrons. The average molecular weight is 490 g/mol. The van der Waals surface area contributed by atoms with Gasteiger partial charge in [-0.2, -0.15) is 0 Å². The van der Waals surface area contributed by atoms with Crippen LogP contribution in [0.5, 0.6) is 5.75 Å². The summed E-state index contributed by atoms with van der Waals surface area (Å²) < 4.78 is 58.3. The van der Waals surface area contributed by atoms with Gasteiger partial charge < -0.3 is 10.1 Å². The van der Waals surface area contributed by atoms with E-state index in [9.17, 15) is 21.6 Å². The van der Waals surface area contributed by atoms with Crippen molar-refractivity contribution >= 4 is 43.0 Å². The Morgan fingerprint density at radius 2 is 1.55 bits per heavy atom. The molecule has 0 aromatic heterocycles. The molecule has 0 unspecified atom stereocenters. The zero-order valence-electron chi connectivity index (χ0n) is 18.1. The first kappa shape index (κ1) is 24.1. The predicted octanol–water partition coefficient (Wildman–Crippen LogP) is 3.43. The van der Waals surface area contributed by atoms with Crippen LogP contribution in [-0.2, 0) is 20.0 Å². The molecule has 1 amide bonds. The molecule has 33 heavy (non-hydrogen) atoms. The van der Waals surface area contributed by atoms with Crippen molar-refractivity contribution in [1.82, 2.24) is 0 Å². The number of hydrogen-bond donors (Lipinski definition) is 3. The van der Waals surface area contributed by atoms with Gasteiger partial charge in [-0.25, -0.2) is 16.8 Å². The van der Waals surface area contributed by atoms with E-state index in [0.717, 1.165) is 11.8 Å². The lowest BCUT2D eigenvalue weighted by molar-refractivity contribution is 0.102. The van der Waals surface area contributed by atoms with Crippen LogP contribution >= 0.6 is 0 Å². The lowest BCUT2D eigenvalue weighted by atomic mass is 10.2. The molecule has 3 aromatic rings. The van der Waals surface area contributed by atoms with Crippen molar-refractivity contribution in [3.05, 3.63) is 77.9 Å². The maximum atomic E-state index is 12.8. The summed E-state index contributed by atoms with van der Waals surface area (Å²) in [6, 6.07) is 16.8. The molecule has 0 atom stereocenters. The van der Waals surface area contributed by atoms with E-state index >= 15 is 0 Å². The molecule has 11 heteroatoms. The van der Waals surface area contributed by atoms with E-state index in [1.165, 1.54) is 49.6 Å². The fourth-order valence-corrected chi connectivity index (χ4v) is 4.58. The van der Waals surface area contributed by atoms with E-state index in [1.54, 1.807) is 24.3 Å². The summed E-state index contributed by atoms with van der Waals surface area (Å²) in [6.07, 6.45) is 1.01. The van der Waals surface area contributed by atoms with Gasteiger partial charge in [0.1, 0.15) is 5.75 Å². The van der Waals surface area contributed by atoms with Gasteiger partial charge in [-0.05, 0) is 67.1 Å². The summed E-state index contributed by atoms with van der Waals surface area (Å²) in [5, 5.41) is 2.65. The number of carbonyl (C=O) groups excluding carboxylic acids is 1. The summed E-state index contributed by atoms with van der Waals surface area (Å²) in [5.74, 6) is -0.0916. The van der Waals surface area contributed by atoms with Gasteiger partial charge >= 0.3 is 0 Å². The quantitative estimate of drug-likeness (QED) is 0.444.